The second-order valence-corrected chi connectivity index (χ2v) is 17.6. The number of hydrogen-bond donors (Lipinski definition) is 0. The van der Waals surface area contributed by atoms with Gasteiger partial charge in [-0.1, -0.05) is 158 Å². The van der Waals surface area contributed by atoms with E-state index in [1.165, 1.54) is 96.5 Å². The van der Waals surface area contributed by atoms with Gasteiger partial charge >= 0.3 is 0 Å². The van der Waals surface area contributed by atoms with Gasteiger partial charge in [0, 0.05) is 59.1 Å². The van der Waals surface area contributed by atoms with Gasteiger partial charge in [0.2, 0.25) is 0 Å². The molecule has 2 nitrogen and oxygen atoms in total. The zero-order valence-electron chi connectivity index (χ0n) is 34.2. The van der Waals surface area contributed by atoms with Gasteiger partial charge in [-0.15, -0.1) is 11.3 Å². The first-order chi connectivity index (χ1) is 31.2. The fourth-order valence-corrected chi connectivity index (χ4v) is 11.0. The molecule has 11 aromatic carbocycles. The highest BCUT2D eigenvalue weighted by Gasteiger charge is 2.18. The first-order valence-corrected chi connectivity index (χ1v) is 22.4. The summed E-state index contributed by atoms with van der Waals surface area (Å²) in [6, 6.07) is 84.8. The molecule has 63 heavy (non-hydrogen) atoms. The molecule has 0 bridgehead atoms. The first kappa shape index (κ1) is 35.7. The van der Waals surface area contributed by atoms with Crippen molar-refractivity contribution < 1.29 is 0 Å². The lowest BCUT2D eigenvalue weighted by Crippen LogP contribution is -2.09. The van der Waals surface area contributed by atoms with E-state index in [-0.39, 0.29) is 0 Å². The fraction of sp³-hybridized carbons (Fsp3) is 0. The Bertz CT molecular complexity index is 3900. The minimum absolute atomic E-state index is 1.10. The number of hydrogen-bond acceptors (Lipinski definition) is 2. The molecule has 0 aliphatic rings. The third-order valence-corrected chi connectivity index (χ3v) is 14.1. The quantitative estimate of drug-likeness (QED) is 0.152. The topological polar surface area (TPSA) is 8.17 Å². The molecule has 0 atom stereocenters. The second kappa shape index (κ2) is 14.3. The Kier molecular flexibility index (Phi) is 8.12. The maximum atomic E-state index is 2.44. The molecule has 0 aliphatic carbocycles. The Labute approximate surface area is 368 Å². The Hall–Kier alpha value is -7.98. The normalized spacial score (nSPS) is 11.8. The van der Waals surface area contributed by atoms with Gasteiger partial charge in [-0.05, 0) is 122 Å². The maximum Gasteiger partial charge on any atom is 0.0619 e. The van der Waals surface area contributed by atoms with Crippen LogP contribution in [0.3, 0.4) is 0 Å². The minimum Gasteiger partial charge on any atom is -0.310 e. The summed E-state index contributed by atoms with van der Waals surface area (Å²) in [5.74, 6) is 0. The highest BCUT2D eigenvalue weighted by molar-refractivity contribution is 7.25. The SMILES string of the molecule is c1ccc(-n2c3cc(-c4ccc(N(c5ccc(-c6ccc7sc8ccccc8c7c6)cc5)c5ccc6ccc7ccccc7c6c5)cc4)ccc3c3ccc4ccccc4c32)cc1. The van der Waals surface area contributed by atoms with Crippen LogP contribution in [0.1, 0.15) is 0 Å². The number of rotatable bonds is 6. The summed E-state index contributed by atoms with van der Waals surface area (Å²) in [6.07, 6.45) is 0. The summed E-state index contributed by atoms with van der Waals surface area (Å²) in [5, 5.41) is 12.6. The van der Waals surface area contributed by atoms with Crippen molar-refractivity contribution in [1.29, 1.82) is 0 Å². The van der Waals surface area contributed by atoms with Gasteiger partial charge in [0.25, 0.3) is 0 Å². The molecule has 0 fully saturated rings. The Balaban J connectivity index is 0.933. The van der Waals surface area contributed by atoms with Gasteiger partial charge < -0.3 is 9.47 Å². The van der Waals surface area contributed by atoms with Gasteiger partial charge in [-0.3, -0.25) is 0 Å². The van der Waals surface area contributed by atoms with E-state index in [0.29, 0.717) is 0 Å². The Morgan fingerprint density at radius 3 is 1.59 bits per heavy atom. The molecular weight excluding hydrogens is 781 g/mol. The van der Waals surface area contributed by atoms with E-state index in [2.05, 4.69) is 240 Å². The summed E-state index contributed by atoms with van der Waals surface area (Å²) < 4.78 is 5.09. The monoisotopic (exact) mass is 818 g/mol. The molecule has 0 spiro atoms. The summed E-state index contributed by atoms with van der Waals surface area (Å²) >= 11 is 1.86. The minimum atomic E-state index is 1.10. The molecule has 0 N–H and O–H groups in total. The van der Waals surface area contributed by atoms with Crippen LogP contribution in [0.4, 0.5) is 17.1 Å². The Morgan fingerprint density at radius 2 is 0.825 bits per heavy atom. The number of para-hydroxylation sites is 1. The molecule has 294 valence electrons. The zero-order chi connectivity index (χ0) is 41.4. The molecule has 13 aromatic rings. The van der Waals surface area contributed by atoms with Crippen LogP contribution in [0.5, 0.6) is 0 Å². The van der Waals surface area contributed by atoms with Crippen molar-refractivity contribution in [3.8, 4) is 27.9 Å². The van der Waals surface area contributed by atoms with Gasteiger partial charge in [-0.2, -0.15) is 0 Å². The van der Waals surface area contributed by atoms with Crippen molar-refractivity contribution in [2.24, 2.45) is 0 Å². The number of nitrogens with zero attached hydrogens (tertiary/aromatic N) is 2. The predicted molar refractivity (Wildman–Crippen MR) is 272 cm³/mol. The largest absolute Gasteiger partial charge is 0.310 e. The second-order valence-electron chi connectivity index (χ2n) is 16.5. The van der Waals surface area contributed by atoms with Crippen LogP contribution in [0.25, 0.3) is 102 Å². The summed E-state index contributed by atoms with van der Waals surface area (Å²) in [7, 11) is 0. The third-order valence-electron chi connectivity index (χ3n) is 13.0. The lowest BCUT2D eigenvalue weighted by molar-refractivity contribution is 1.19. The molecule has 0 saturated heterocycles. The number of aromatic nitrogens is 1. The molecule has 0 radical (unpaired) electrons. The third kappa shape index (κ3) is 5.85. The first-order valence-electron chi connectivity index (χ1n) is 21.6. The molecule has 0 saturated carbocycles. The van der Waals surface area contributed by atoms with E-state index in [0.717, 1.165) is 22.7 Å². The molecule has 13 rings (SSSR count). The number of fused-ring (bicyclic) bond motifs is 11. The smallest absolute Gasteiger partial charge is 0.0619 e. The van der Waals surface area contributed by atoms with Crippen LogP contribution >= 0.6 is 11.3 Å². The van der Waals surface area contributed by atoms with Crippen LogP contribution in [-0.2, 0) is 0 Å². The molecular formula is C60H38N2S. The van der Waals surface area contributed by atoms with E-state index >= 15 is 0 Å². The van der Waals surface area contributed by atoms with Crippen LogP contribution in [-0.4, -0.2) is 4.57 Å². The maximum absolute atomic E-state index is 2.44. The molecule has 0 unspecified atom stereocenters. The van der Waals surface area contributed by atoms with Crippen LogP contribution < -0.4 is 4.90 Å². The number of benzene rings is 11. The van der Waals surface area contributed by atoms with Gasteiger partial charge in [0.05, 0.1) is 11.0 Å². The Morgan fingerprint density at radius 1 is 0.302 bits per heavy atom. The molecule has 0 amide bonds. The molecule has 2 heterocycles. The van der Waals surface area contributed by atoms with Gasteiger partial charge in [0.15, 0.2) is 0 Å². The van der Waals surface area contributed by atoms with E-state index in [4.69, 9.17) is 0 Å². The lowest BCUT2D eigenvalue weighted by atomic mass is 10.00. The lowest BCUT2D eigenvalue weighted by Gasteiger charge is -2.26. The van der Waals surface area contributed by atoms with E-state index in [9.17, 15) is 0 Å². The standard InChI is InChI=1S/C60H38N2S/c1-2-12-46(13-3-1)62-57-37-45(26-33-52(57)54-34-25-42-11-5-7-15-51(42)60(54)62)40-22-30-48(31-23-40)61(49-32-24-43-19-18-41-10-4-6-14-50(41)55(43)38-49)47-28-20-39(21-29-47)44-27-35-59-56(36-44)53-16-8-9-17-58(53)63-59/h1-38H. The van der Waals surface area contributed by atoms with Crippen molar-refractivity contribution in [2.75, 3.05) is 4.90 Å². The fourth-order valence-electron chi connectivity index (χ4n) is 9.89. The summed E-state index contributed by atoms with van der Waals surface area (Å²) in [6.45, 7) is 0. The van der Waals surface area contributed by atoms with Gasteiger partial charge in [-0.25, -0.2) is 0 Å². The van der Waals surface area contributed by atoms with Crippen molar-refractivity contribution in [3.63, 3.8) is 0 Å². The summed E-state index contributed by atoms with van der Waals surface area (Å²) in [4.78, 5) is 2.39. The van der Waals surface area contributed by atoms with Crippen molar-refractivity contribution >= 4 is 103 Å². The van der Waals surface area contributed by atoms with E-state index < -0.39 is 0 Å². The van der Waals surface area contributed by atoms with Crippen molar-refractivity contribution in [3.05, 3.63) is 231 Å². The number of thiophene rings is 1. The summed E-state index contributed by atoms with van der Waals surface area (Å²) in [5.41, 5.74) is 11.7. The molecule has 3 heteroatoms. The van der Waals surface area contributed by atoms with E-state index in [1.54, 1.807) is 0 Å². The highest BCUT2D eigenvalue weighted by Crippen LogP contribution is 2.42. The zero-order valence-corrected chi connectivity index (χ0v) is 35.1. The molecule has 0 aliphatic heterocycles. The van der Waals surface area contributed by atoms with Crippen LogP contribution in [0, 0.1) is 0 Å². The van der Waals surface area contributed by atoms with E-state index in [1.807, 2.05) is 11.3 Å². The average molecular weight is 819 g/mol. The van der Waals surface area contributed by atoms with Crippen LogP contribution in [0.15, 0.2) is 231 Å². The van der Waals surface area contributed by atoms with Gasteiger partial charge in [0.1, 0.15) is 0 Å². The predicted octanol–water partition coefficient (Wildman–Crippen LogP) is 17.4. The number of anilines is 3. The van der Waals surface area contributed by atoms with Crippen molar-refractivity contribution in [2.45, 2.75) is 0 Å². The average Bonchev–Trinajstić information content (AvgIpc) is 3.90. The highest BCUT2D eigenvalue weighted by atomic mass is 32.1. The molecule has 2 aromatic heterocycles. The van der Waals surface area contributed by atoms with Crippen molar-refractivity contribution in [1.82, 2.24) is 4.57 Å². The van der Waals surface area contributed by atoms with Crippen LogP contribution in [0.2, 0.25) is 0 Å².